The van der Waals surface area contributed by atoms with E-state index in [0.29, 0.717) is 30.7 Å². The summed E-state index contributed by atoms with van der Waals surface area (Å²) in [7, 11) is 1.68. The van der Waals surface area contributed by atoms with Crippen molar-refractivity contribution in [3.05, 3.63) is 17.7 Å². The van der Waals surface area contributed by atoms with Gasteiger partial charge in [-0.3, -0.25) is 4.79 Å². The van der Waals surface area contributed by atoms with Crippen LogP contribution < -0.4 is 15.4 Å². The molecule has 0 bridgehead atoms. The molecule has 0 radical (unpaired) electrons. The second kappa shape index (κ2) is 10.4. The van der Waals surface area contributed by atoms with Crippen LogP contribution in [0.1, 0.15) is 64.4 Å². The molecule has 1 aromatic rings. The van der Waals surface area contributed by atoms with Crippen molar-refractivity contribution in [3.8, 4) is 5.75 Å². The first-order chi connectivity index (χ1) is 14.5. The lowest BCUT2D eigenvalue weighted by atomic mass is 9.67. The van der Waals surface area contributed by atoms with Gasteiger partial charge in [-0.05, 0) is 68.9 Å². The second-order valence-electron chi connectivity index (χ2n) is 8.69. The lowest BCUT2D eigenvalue weighted by Gasteiger charge is -2.46. The predicted molar refractivity (Wildman–Crippen MR) is 120 cm³/mol. The van der Waals surface area contributed by atoms with Gasteiger partial charge in [0.1, 0.15) is 5.75 Å². The van der Waals surface area contributed by atoms with Gasteiger partial charge >= 0.3 is 5.97 Å². The molecule has 1 aromatic carbocycles. The summed E-state index contributed by atoms with van der Waals surface area (Å²) in [4.78, 5) is 14.0. The highest BCUT2D eigenvalue weighted by atomic mass is 16.5. The molecule has 1 aliphatic heterocycles. The Morgan fingerprint density at radius 1 is 1.17 bits per heavy atom. The lowest BCUT2D eigenvalue weighted by Crippen LogP contribution is -2.43. The molecule has 168 valence electrons. The van der Waals surface area contributed by atoms with Crippen molar-refractivity contribution >= 4 is 17.3 Å². The molecular formula is C24H38N2O4. The molecule has 0 amide bonds. The Balaban J connectivity index is 1.50. The second-order valence-corrected chi connectivity index (χ2v) is 8.69. The number of rotatable bonds is 8. The van der Waals surface area contributed by atoms with Gasteiger partial charge in [0.2, 0.25) is 0 Å². The molecular weight excluding hydrogens is 380 g/mol. The summed E-state index contributed by atoms with van der Waals surface area (Å²) >= 11 is 0. The van der Waals surface area contributed by atoms with Crippen molar-refractivity contribution in [2.24, 2.45) is 5.41 Å². The van der Waals surface area contributed by atoms with Crippen molar-refractivity contribution in [2.75, 3.05) is 44.0 Å². The summed E-state index contributed by atoms with van der Waals surface area (Å²) in [6.07, 6.45) is 8.68. The molecule has 1 saturated heterocycles. The van der Waals surface area contributed by atoms with Gasteiger partial charge in [-0.2, -0.15) is 0 Å². The molecule has 0 atom stereocenters. The number of methoxy groups -OCH3 is 1. The van der Waals surface area contributed by atoms with Crippen LogP contribution in [0.25, 0.3) is 0 Å². The van der Waals surface area contributed by atoms with E-state index in [2.05, 4.69) is 24.0 Å². The highest BCUT2D eigenvalue weighted by Crippen LogP contribution is 2.46. The quantitative estimate of drug-likeness (QED) is 0.500. The number of nitrogens with two attached hydrogens (primary N) is 1. The number of benzene rings is 1. The van der Waals surface area contributed by atoms with Gasteiger partial charge in [0, 0.05) is 24.8 Å². The van der Waals surface area contributed by atoms with Crippen LogP contribution in [-0.2, 0) is 20.7 Å². The van der Waals surface area contributed by atoms with Crippen LogP contribution in [0.2, 0.25) is 0 Å². The third-order valence-corrected chi connectivity index (χ3v) is 6.94. The van der Waals surface area contributed by atoms with E-state index in [9.17, 15) is 4.79 Å². The first-order valence-corrected chi connectivity index (χ1v) is 11.5. The van der Waals surface area contributed by atoms with Gasteiger partial charge in [-0.25, -0.2) is 0 Å². The van der Waals surface area contributed by atoms with Crippen LogP contribution in [0.5, 0.6) is 5.75 Å². The Morgan fingerprint density at radius 2 is 1.87 bits per heavy atom. The molecule has 2 N–H and O–H groups in total. The van der Waals surface area contributed by atoms with E-state index in [0.717, 1.165) is 38.1 Å². The zero-order valence-corrected chi connectivity index (χ0v) is 18.9. The molecule has 30 heavy (non-hydrogen) atoms. The van der Waals surface area contributed by atoms with Crippen LogP contribution in [-0.4, -0.2) is 45.5 Å². The summed E-state index contributed by atoms with van der Waals surface area (Å²) in [6.45, 7) is 7.08. The molecule has 1 aliphatic carbocycles. The number of hydrogen-bond donors (Lipinski definition) is 1. The largest absolute Gasteiger partial charge is 0.495 e. The van der Waals surface area contributed by atoms with E-state index in [-0.39, 0.29) is 12.1 Å². The number of esters is 1. The van der Waals surface area contributed by atoms with Crippen molar-refractivity contribution < 1.29 is 19.0 Å². The fraction of sp³-hybridized carbons (Fsp3) is 0.708. The zero-order valence-electron chi connectivity index (χ0n) is 18.9. The van der Waals surface area contributed by atoms with Gasteiger partial charge in [0.15, 0.2) is 0 Å². The van der Waals surface area contributed by atoms with Crippen molar-refractivity contribution in [1.82, 2.24) is 0 Å². The maximum atomic E-state index is 11.5. The molecule has 2 fully saturated rings. The maximum Gasteiger partial charge on any atom is 0.308 e. The van der Waals surface area contributed by atoms with Crippen LogP contribution in [0.15, 0.2) is 12.1 Å². The van der Waals surface area contributed by atoms with Gasteiger partial charge < -0.3 is 24.8 Å². The number of carbonyl (C=O) groups excluding carboxylic acids is 1. The minimum absolute atomic E-state index is 0.164. The Kier molecular flexibility index (Phi) is 7.87. The Morgan fingerprint density at radius 3 is 2.47 bits per heavy atom. The number of ether oxygens (including phenoxy) is 3. The SMILES string of the molecule is CCOC(=O)CCOC1CCC2(CC1)CCN(c1cc(OC)c(N)cc1CC)CC2. The van der Waals surface area contributed by atoms with Crippen LogP contribution >= 0.6 is 0 Å². The summed E-state index contributed by atoms with van der Waals surface area (Å²) < 4.78 is 16.4. The first-order valence-electron chi connectivity index (χ1n) is 11.5. The van der Waals surface area contributed by atoms with E-state index >= 15 is 0 Å². The Bertz CT molecular complexity index is 703. The average molecular weight is 419 g/mol. The smallest absolute Gasteiger partial charge is 0.308 e. The van der Waals surface area contributed by atoms with Gasteiger partial charge in [0.25, 0.3) is 0 Å². The molecule has 6 heteroatoms. The predicted octanol–water partition coefficient (Wildman–Crippen LogP) is 4.34. The number of piperidine rings is 1. The molecule has 1 spiro atoms. The standard InChI is InChI=1S/C24H38N2O4/c1-4-18-16-20(25)22(28-3)17-21(18)26-13-11-24(12-14-26)9-6-19(7-10-24)30-15-8-23(27)29-5-2/h16-17,19H,4-15,25H2,1-3H3. The van der Waals surface area contributed by atoms with Gasteiger partial charge in [0.05, 0.1) is 38.5 Å². The summed E-state index contributed by atoms with van der Waals surface area (Å²) in [6, 6.07) is 4.18. The lowest BCUT2D eigenvalue weighted by molar-refractivity contribution is -0.145. The van der Waals surface area contributed by atoms with Crippen molar-refractivity contribution in [2.45, 2.75) is 71.3 Å². The first kappa shape index (κ1) is 22.7. The van der Waals surface area contributed by atoms with Crippen molar-refractivity contribution in [1.29, 1.82) is 0 Å². The average Bonchev–Trinajstić information content (AvgIpc) is 2.76. The number of nitrogen functional groups attached to an aromatic ring is 1. The monoisotopic (exact) mass is 418 g/mol. The molecule has 3 rings (SSSR count). The fourth-order valence-corrected chi connectivity index (χ4v) is 5.02. The minimum atomic E-state index is -0.164. The number of hydrogen-bond acceptors (Lipinski definition) is 6. The molecule has 2 aliphatic rings. The number of carbonyl (C=O) groups is 1. The minimum Gasteiger partial charge on any atom is -0.495 e. The van der Waals surface area contributed by atoms with Crippen LogP contribution in [0.3, 0.4) is 0 Å². The fourth-order valence-electron chi connectivity index (χ4n) is 5.02. The molecule has 0 unspecified atom stereocenters. The third kappa shape index (κ3) is 5.39. The topological polar surface area (TPSA) is 74.0 Å². The molecule has 1 heterocycles. The highest BCUT2D eigenvalue weighted by molar-refractivity contribution is 5.69. The van der Waals surface area contributed by atoms with Crippen molar-refractivity contribution in [3.63, 3.8) is 0 Å². The molecule has 1 saturated carbocycles. The highest BCUT2D eigenvalue weighted by Gasteiger charge is 2.38. The summed E-state index contributed by atoms with van der Waals surface area (Å²) in [5, 5.41) is 0. The van der Waals surface area contributed by atoms with E-state index in [4.69, 9.17) is 19.9 Å². The molecule has 0 aromatic heterocycles. The van der Waals surface area contributed by atoms with E-state index < -0.39 is 0 Å². The maximum absolute atomic E-state index is 11.5. The number of nitrogens with zero attached hydrogens (tertiary/aromatic N) is 1. The normalized spacial score (nSPS) is 19.1. The zero-order chi connectivity index (χ0) is 21.6. The van der Waals surface area contributed by atoms with Crippen LogP contribution in [0, 0.1) is 5.41 Å². The van der Waals surface area contributed by atoms with E-state index in [1.807, 2.05) is 6.92 Å². The Hall–Kier alpha value is -1.95. The number of aryl methyl sites for hydroxylation is 1. The van der Waals surface area contributed by atoms with Gasteiger partial charge in [-0.1, -0.05) is 6.92 Å². The van der Waals surface area contributed by atoms with Crippen LogP contribution in [0.4, 0.5) is 11.4 Å². The molecule has 6 nitrogen and oxygen atoms in total. The van der Waals surface area contributed by atoms with E-state index in [1.165, 1.54) is 36.9 Å². The summed E-state index contributed by atoms with van der Waals surface area (Å²) in [5.74, 6) is 0.603. The van der Waals surface area contributed by atoms with Gasteiger partial charge in [-0.15, -0.1) is 0 Å². The Labute approximate surface area is 181 Å². The summed E-state index contributed by atoms with van der Waals surface area (Å²) in [5.41, 5.74) is 9.84. The number of anilines is 2. The third-order valence-electron chi connectivity index (χ3n) is 6.94. The van der Waals surface area contributed by atoms with E-state index in [1.54, 1.807) is 7.11 Å².